The van der Waals surface area contributed by atoms with Crippen molar-refractivity contribution < 1.29 is 9.84 Å². The molecule has 0 saturated carbocycles. The first kappa shape index (κ1) is 14.1. The number of aliphatic hydroxyl groups is 1. The van der Waals surface area contributed by atoms with Crippen LogP contribution in [0, 0.1) is 6.57 Å². The minimum atomic E-state index is 0.0191. The van der Waals surface area contributed by atoms with E-state index in [1.54, 1.807) is 11.3 Å². The summed E-state index contributed by atoms with van der Waals surface area (Å²) < 4.78 is 5.37. The lowest BCUT2D eigenvalue weighted by molar-refractivity contribution is 0.123. The van der Waals surface area contributed by atoms with Crippen LogP contribution >= 0.6 is 22.7 Å². The van der Waals surface area contributed by atoms with Crippen LogP contribution in [0.2, 0.25) is 0 Å². The summed E-state index contributed by atoms with van der Waals surface area (Å²) in [5.41, 5.74) is 2.36. The Labute approximate surface area is 131 Å². The van der Waals surface area contributed by atoms with Gasteiger partial charge in [0.1, 0.15) is 5.76 Å². The number of hydrogen-bond donors (Lipinski definition) is 1. The van der Waals surface area contributed by atoms with Crippen molar-refractivity contribution in [2.45, 2.75) is 0 Å². The van der Waals surface area contributed by atoms with Crippen molar-refractivity contribution >= 4 is 39.1 Å². The number of nitrogens with zero attached hydrogens (tertiary/aromatic N) is 2. The summed E-state index contributed by atoms with van der Waals surface area (Å²) in [6, 6.07) is 1.97. The molecule has 0 atom stereocenters. The molecule has 4 nitrogen and oxygen atoms in total. The molecular formula is C15H14N2O2S2. The molecule has 1 aliphatic heterocycles. The number of hydrogen-bond acceptors (Lipinski definition) is 5. The van der Waals surface area contributed by atoms with E-state index in [-0.39, 0.29) is 5.76 Å². The molecule has 0 radical (unpaired) electrons. The van der Waals surface area contributed by atoms with Crippen molar-refractivity contribution in [1.82, 2.24) is 0 Å². The number of thiophene rings is 2. The van der Waals surface area contributed by atoms with Crippen LogP contribution in [0.15, 0.2) is 23.4 Å². The van der Waals surface area contributed by atoms with E-state index in [1.165, 1.54) is 11.3 Å². The lowest BCUT2D eigenvalue weighted by Gasteiger charge is -2.28. The van der Waals surface area contributed by atoms with Crippen molar-refractivity contribution in [1.29, 1.82) is 0 Å². The van der Waals surface area contributed by atoms with E-state index in [9.17, 15) is 5.11 Å². The summed E-state index contributed by atoms with van der Waals surface area (Å²) in [5, 5.41) is 14.8. The molecule has 2 aromatic heterocycles. The van der Waals surface area contributed by atoms with Crippen molar-refractivity contribution in [3.05, 3.63) is 39.7 Å². The first-order valence-electron chi connectivity index (χ1n) is 6.50. The van der Waals surface area contributed by atoms with Gasteiger partial charge in [0.05, 0.1) is 29.7 Å². The summed E-state index contributed by atoms with van der Waals surface area (Å²) >= 11 is 3.01. The molecule has 0 bridgehead atoms. The van der Waals surface area contributed by atoms with Gasteiger partial charge in [-0.1, -0.05) is 6.58 Å². The Balaban J connectivity index is 2.16. The molecule has 0 unspecified atom stereocenters. The topological polar surface area (TPSA) is 37.1 Å². The molecule has 2 aromatic rings. The molecule has 0 aliphatic carbocycles. The molecule has 3 rings (SSSR count). The Morgan fingerprint density at radius 1 is 1.43 bits per heavy atom. The first-order chi connectivity index (χ1) is 10.2. The summed E-state index contributed by atoms with van der Waals surface area (Å²) in [6.07, 6.45) is 0. The Bertz CT molecular complexity index is 692. The van der Waals surface area contributed by atoms with Gasteiger partial charge in [-0.25, -0.2) is 4.85 Å². The van der Waals surface area contributed by atoms with Crippen LogP contribution in [0.25, 0.3) is 21.7 Å². The van der Waals surface area contributed by atoms with Gasteiger partial charge in [0, 0.05) is 18.7 Å². The van der Waals surface area contributed by atoms with Gasteiger partial charge in [0.25, 0.3) is 0 Å². The molecule has 3 heterocycles. The van der Waals surface area contributed by atoms with Crippen molar-refractivity contribution in [3.8, 4) is 11.1 Å². The Morgan fingerprint density at radius 2 is 2.19 bits per heavy atom. The molecule has 0 amide bonds. The van der Waals surface area contributed by atoms with Crippen LogP contribution in [-0.4, -0.2) is 31.4 Å². The molecule has 21 heavy (non-hydrogen) atoms. The number of aliphatic hydroxyl groups excluding tert-OH is 1. The van der Waals surface area contributed by atoms with Gasteiger partial charge >= 0.3 is 0 Å². The van der Waals surface area contributed by atoms with Gasteiger partial charge in [0.15, 0.2) is 0 Å². The predicted molar refractivity (Wildman–Crippen MR) is 88.6 cm³/mol. The van der Waals surface area contributed by atoms with E-state index in [4.69, 9.17) is 11.3 Å². The fourth-order valence-corrected chi connectivity index (χ4v) is 4.20. The minimum Gasteiger partial charge on any atom is -0.507 e. The zero-order chi connectivity index (χ0) is 14.8. The molecular weight excluding hydrogens is 304 g/mol. The fourth-order valence-electron chi connectivity index (χ4n) is 2.37. The second-order valence-electron chi connectivity index (χ2n) is 4.63. The Kier molecular flexibility index (Phi) is 3.97. The van der Waals surface area contributed by atoms with Crippen molar-refractivity contribution in [2.75, 3.05) is 31.2 Å². The highest BCUT2D eigenvalue weighted by Crippen LogP contribution is 2.50. The first-order valence-corrected chi connectivity index (χ1v) is 8.26. The zero-order valence-electron chi connectivity index (χ0n) is 11.3. The van der Waals surface area contributed by atoms with Crippen LogP contribution in [-0.2, 0) is 4.74 Å². The van der Waals surface area contributed by atoms with Gasteiger partial charge in [-0.05, 0) is 22.4 Å². The SMILES string of the molecule is [C-]#[N+]c1c(N2CCOCC2)sc(C(=C)O)c1-c1ccsc1. The summed E-state index contributed by atoms with van der Waals surface area (Å²) in [6.45, 7) is 14.1. The molecule has 1 N–H and O–H groups in total. The number of rotatable bonds is 3. The zero-order valence-corrected chi connectivity index (χ0v) is 13.0. The third-order valence-corrected chi connectivity index (χ3v) is 5.32. The van der Waals surface area contributed by atoms with Crippen LogP contribution in [0.5, 0.6) is 0 Å². The number of ether oxygens (including phenoxy) is 1. The molecule has 1 saturated heterocycles. The molecule has 1 fully saturated rings. The van der Waals surface area contributed by atoms with E-state index in [1.807, 2.05) is 16.8 Å². The minimum absolute atomic E-state index is 0.0191. The number of morpholine rings is 1. The second-order valence-corrected chi connectivity index (χ2v) is 6.41. The summed E-state index contributed by atoms with van der Waals surface area (Å²) in [4.78, 5) is 6.57. The monoisotopic (exact) mass is 318 g/mol. The third kappa shape index (κ3) is 2.56. The quantitative estimate of drug-likeness (QED) is 0.673. The maximum Gasteiger partial charge on any atom is 0.229 e. The highest BCUT2D eigenvalue weighted by atomic mass is 32.1. The third-order valence-electron chi connectivity index (χ3n) is 3.35. The Hall–Kier alpha value is -1.81. The maximum absolute atomic E-state index is 9.91. The molecule has 0 aromatic carbocycles. The van der Waals surface area contributed by atoms with Crippen molar-refractivity contribution in [3.63, 3.8) is 0 Å². The van der Waals surface area contributed by atoms with Crippen LogP contribution in [0.1, 0.15) is 4.88 Å². The van der Waals surface area contributed by atoms with E-state index in [0.29, 0.717) is 23.8 Å². The smallest absolute Gasteiger partial charge is 0.229 e. The van der Waals surface area contributed by atoms with Gasteiger partial charge in [-0.15, -0.1) is 11.3 Å². The lowest BCUT2D eigenvalue weighted by atomic mass is 10.1. The molecule has 108 valence electrons. The number of anilines is 1. The average Bonchev–Trinajstić information content (AvgIpc) is 3.14. The van der Waals surface area contributed by atoms with Gasteiger partial charge in [-0.3, -0.25) is 0 Å². The predicted octanol–water partition coefficient (Wildman–Crippen LogP) is 4.39. The Morgan fingerprint density at radius 3 is 2.76 bits per heavy atom. The highest BCUT2D eigenvalue weighted by Gasteiger charge is 2.25. The van der Waals surface area contributed by atoms with Gasteiger partial charge < -0.3 is 14.7 Å². The normalized spacial score (nSPS) is 14.9. The summed E-state index contributed by atoms with van der Waals surface area (Å²) in [7, 11) is 0. The van der Waals surface area contributed by atoms with E-state index in [2.05, 4.69) is 16.3 Å². The van der Waals surface area contributed by atoms with Crippen molar-refractivity contribution in [2.24, 2.45) is 0 Å². The van der Waals surface area contributed by atoms with Gasteiger partial charge in [0.2, 0.25) is 5.69 Å². The second kappa shape index (κ2) is 5.90. The molecule has 1 aliphatic rings. The standard InChI is InChI=1S/C15H14N2O2S2/c1-10(18)14-12(11-3-8-20-9-11)13(16-2)15(21-14)17-4-6-19-7-5-17/h3,8-9,18H,1,4-7H2. The van der Waals surface area contributed by atoms with Crippen LogP contribution in [0.4, 0.5) is 10.7 Å². The maximum atomic E-state index is 9.91. The van der Waals surface area contributed by atoms with Crippen LogP contribution < -0.4 is 4.90 Å². The lowest BCUT2D eigenvalue weighted by Crippen LogP contribution is -2.35. The largest absolute Gasteiger partial charge is 0.507 e. The molecule has 0 spiro atoms. The van der Waals surface area contributed by atoms with E-state index < -0.39 is 0 Å². The van der Waals surface area contributed by atoms with E-state index in [0.717, 1.165) is 29.2 Å². The van der Waals surface area contributed by atoms with Crippen LogP contribution in [0.3, 0.4) is 0 Å². The highest BCUT2D eigenvalue weighted by molar-refractivity contribution is 7.18. The summed E-state index contributed by atoms with van der Waals surface area (Å²) in [5.74, 6) is 0.0191. The molecule has 6 heteroatoms. The fraction of sp³-hybridized carbons (Fsp3) is 0.267. The van der Waals surface area contributed by atoms with E-state index >= 15 is 0 Å². The van der Waals surface area contributed by atoms with Gasteiger partial charge in [-0.2, -0.15) is 11.3 Å². The average molecular weight is 318 g/mol.